The van der Waals surface area contributed by atoms with E-state index < -0.39 is 15.8 Å². The largest absolute Gasteiger partial charge is 0.218 e. The fourth-order valence-corrected chi connectivity index (χ4v) is 2.30. The van der Waals surface area contributed by atoms with Crippen LogP contribution in [0.3, 0.4) is 0 Å². The van der Waals surface area contributed by atoms with Gasteiger partial charge in [-0.1, -0.05) is 15.9 Å². The Labute approximate surface area is 90.5 Å². The van der Waals surface area contributed by atoms with Crippen molar-refractivity contribution in [3.63, 3.8) is 0 Å². The van der Waals surface area contributed by atoms with Crippen LogP contribution in [0.5, 0.6) is 0 Å². The molecule has 0 amide bonds. The third kappa shape index (κ3) is 3.04. The van der Waals surface area contributed by atoms with Crippen molar-refractivity contribution in [2.75, 3.05) is 7.05 Å². The summed E-state index contributed by atoms with van der Waals surface area (Å²) in [5, 5.41) is 0. The second-order valence-electron chi connectivity index (χ2n) is 2.70. The molecule has 0 heterocycles. The normalized spacial score (nSPS) is 11.6. The average Bonchev–Trinajstić information content (AvgIpc) is 2.11. The molecule has 0 radical (unpaired) electrons. The summed E-state index contributed by atoms with van der Waals surface area (Å²) in [6.45, 7) is 0. The molecule has 6 heteroatoms. The van der Waals surface area contributed by atoms with E-state index in [1.165, 1.54) is 25.2 Å². The molecule has 0 aliphatic carbocycles. The Morgan fingerprint density at radius 3 is 2.71 bits per heavy atom. The van der Waals surface area contributed by atoms with Crippen LogP contribution in [0.25, 0.3) is 0 Å². The van der Waals surface area contributed by atoms with E-state index in [9.17, 15) is 12.8 Å². The highest BCUT2D eigenvalue weighted by molar-refractivity contribution is 9.10. The molecule has 0 fully saturated rings. The van der Waals surface area contributed by atoms with E-state index >= 15 is 0 Å². The van der Waals surface area contributed by atoms with Crippen molar-refractivity contribution in [2.45, 2.75) is 5.75 Å². The van der Waals surface area contributed by atoms with Crippen LogP contribution in [0.4, 0.5) is 4.39 Å². The Hall–Kier alpha value is -0.460. The SMILES string of the molecule is CNS(=O)(=O)Cc1cc(F)ccc1Br. The molecule has 3 nitrogen and oxygen atoms in total. The number of hydrogen-bond acceptors (Lipinski definition) is 2. The highest BCUT2D eigenvalue weighted by Crippen LogP contribution is 2.19. The van der Waals surface area contributed by atoms with Gasteiger partial charge in [0.25, 0.3) is 0 Å². The standard InChI is InChI=1S/C8H9BrFNO2S/c1-11-14(12,13)5-6-4-7(10)2-3-8(6)9/h2-4,11H,5H2,1H3. The van der Waals surface area contributed by atoms with Crippen LogP contribution in [0.15, 0.2) is 22.7 Å². The van der Waals surface area contributed by atoms with E-state index in [0.29, 0.717) is 10.0 Å². The van der Waals surface area contributed by atoms with Gasteiger partial charge in [-0.15, -0.1) is 0 Å². The van der Waals surface area contributed by atoms with E-state index in [4.69, 9.17) is 0 Å². The van der Waals surface area contributed by atoms with Gasteiger partial charge >= 0.3 is 0 Å². The van der Waals surface area contributed by atoms with E-state index in [1.807, 2.05) is 0 Å². The molecule has 0 saturated carbocycles. The fourth-order valence-electron chi connectivity index (χ4n) is 0.931. The Bertz CT molecular complexity index is 433. The molecule has 1 rings (SSSR count). The summed E-state index contributed by atoms with van der Waals surface area (Å²) in [5.41, 5.74) is 0.402. The van der Waals surface area contributed by atoms with Crippen LogP contribution >= 0.6 is 15.9 Å². The minimum Gasteiger partial charge on any atom is -0.218 e. The minimum atomic E-state index is -3.36. The molecule has 78 valence electrons. The van der Waals surface area contributed by atoms with Crippen molar-refractivity contribution in [1.82, 2.24) is 4.72 Å². The Balaban J connectivity index is 3.03. The quantitative estimate of drug-likeness (QED) is 0.916. The number of sulfonamides is 1. The zero-order chi connectivity index (χ0) is 10.8. The first-order valence-electron chi connectivity index (χ1n) is 3.80. The van der Waals surface area contributed by atoms with Gasteiger partial charge in [0.15, 0.2) is 0 Å². The Kier molecular flexibility index (Phi) is 3.63. The summed E-state index contributed by atoms with van der Waals surface area (Å²) >= 11 is 3.15. The molecule has 0 bridgehead atoms. The predicted molar refractivity (Wildman–Crippen MR) is 55.8 cm³/mol. The summed E-state index contributed by atoms with van der Waals surface area (Å²) in [5.74, 6) is -0.684. The van der Waals surface area contributed by atoms with Gasteiger partial charge in [-0.3, -0.25) is 0 Å². The maximum atomic E-state index is 12.8. The summed E-state index contributed by atoms with van der Waals surface area (Å²) in [6, 6.07) is 3.94. The van der Waals surface area contributed by atoms with Crippen molar-refractivity contribution >= 4 is 26.0 Å². The highest BCUT2D eigenvalue weighted by Gasteiger charge is 2.11. The van der Waals surface area contributed by atoms with Crippen molar-refractivity contribution in [2.24, 2.45) is 0 Å². The smallest absolute Gasteiger partial charge is 0.215 e. The molecule has 14 heavy (non-hydrogen) atoms. The maximum Gasteiger partial charge on any atom is 0.215 e. The van der Waals surface area contributed by atoms with Gasteiger partial charge in [0.2, 0.25) is 10.0 Å². The average molecular weight is 282 g/mol. The lowest BCUT2D eigenvalue weighted by Gasteiger charge is -2.04. The lowest BCUT2D eigenvalue weighted by Crippen LogP contribution is -2.20. The lowest BCUT2D eigenvalue weighted by molar-refractivity contribution is 0.586. The molecule has 0 aliphatic heterocycles. The molecule has 1 aromatic rings. The summed E-state index contributed by atoms with van der Waals surface area (Å²) in [4.78, 5) is 0. The van der Waals surface area contributed by atoms with Gasteiger partial charge in [0.05, 0.1) is 5.75 Å². The van der Waals surface area contributed by atoms with Gasteiger partial charge in [0.1, 0.15) is 5.82 Å². The maximum absolute atomic E-state index is 12.8. The fraction of sp³-hybridized carbons (Fsp3) is 0.250. The topological polar surface area (TPSA) is 46.2 Å². The molecule has 0 spiro atoms. The second kappa shape index (κ2) is 4.37. The summed E-state index contributed by atoms with van der Waals surface area (Å²) < 4.78 is 37.9. The highest BCUT2D eigenvalue weighted by atomic mass is 79.9. The Morgan fingerprint density at radius 2 is 2.14 bits per heavy atom. The Morgan fingerprint density at radius 1 is 1.50 bits per heavy atom. The number of rotatable bonds is 3. The molecule has 0 saturated heterocycles. The number of halogens is 2. The molecule has 0 atom stereocenters. The molecule has 0 aliphatic rings. The van der Waals surface area contributed by atoms with Crippen LogP contribution < -0.4 is 4.72 Å². The second-order valence-corrected chi connectivity index (χ2v) is 5.48. The zero-order valence-electron chi connectivity index (χ0n) is 7.42. The molecular weight excluding hydrogens is 273 g/mol. The van der Waals surface area contributed by atoms with E-state index in [1.54, 1.807) is 0 Å². The first kappa shape index (κ1) is 11.6. The van der Waals surface area contributed by atoms with Crippen LogP contribution in [0, 0.1) is 5.82 Å². The lowest BCUT2D eigenvalue weighted by atomic mass is 10.2. The molecule has 0 unspecified atom stereocenters. The number of hydrogen-bond donors (Lipinski definition) is 1. The third-order valence-corrected chi connectivity index (χ3v) is 3.75. The van der Waals surface area contributed by atoms with Gasteiger partial charge in [-0.2, -0.15) is 0 Å². The summed E-state index contributed by atoms with van der Waals surface area (Å²) in [6.07, 6.45) is 0. The minimum absolute atomic E-state index is 0.234. The van der Waals surface area contributed by atoms with E-state index in [2.05, 4.69) is 20.7 Å². The van der Waals surface area contributed by atoms with Crippen molar-refractivity contribution < 1.29 is 12.8 Å². The van der Waals surface area contributed by atoms with Crippen LogP contribution in [-0.2, 0) is 15.8 Å². The van der Waals surface area contributed by atoms with Crippen molar-refractivity contribution in [1.29, 1.82) is 0 Å². The summed E-state index contributed by atoms with van der Waals surface area (Å²) in [7, 11) is -2.04. The van der Waals surface area contributed by atoms with Crippen LogP contribution in [0.2, 0.25) is 0 Å². The van der Waals surface area contributed by atoms with Gasteiger partial charge < -0.3 is 0 Å². The van der Waals surface area contributed by atoms with Gasteiger partial charge in [-0.25, -0.2) is 17.5 Å². The molecule has 1 N–H and O–H groups in total. The number of benzene rings is 1. The monoisotopic (exact) mass is 281 g/mol. The molecule has 1 aromatic carbocycles. The zero-order valence-corrected chi connectivity index (χ0v) is 9.82. The molecule has 0 aromatic heterocycles. The third-order valence-electron chi connectivity index (χ3n) is 1.66. The van der Waals surface area contributed by atoms with E-state index in [0.717, 1.165) is 0 Å². The van der Waals surface area contributed by atoms with Crippen molar-refractivity contribution in [3.8, 4) is 0 Å². The van der Waals surface area contributed by atoms with Crippen molar-refractivity contribution in [3.05, 3.63) is 34.1 Å². The molecular formula is C8H9BrFNO2S. The van der Waals surface area contributed by atoms with Gasteiger partial charge in [0, 0.05) is 4.47 Å². The van der Waals surface area contributed by atoms with Gasteiger partial charge in [-0.05, 0) is 30.8 Å². The van der Waals surface area contributed by atoms with E-state index in [-0.39, 0.29) is 5.75 Å². The number of nitrogens with one attached hydrogen (secondary N) is 1. The van der Waals surface area contributed by atoms with Crippen LogP contribution in [0.1, 0.15) is 5.56 Å². The first-order chi connectivity index (χ1) is 6.44. The van der Waals surface area contributed by atoms with Crippen LogP contribution in [-0.4, -0.2) is 15.5 Å². The first-order valence-corrected chi connectivity index (χ1v) is 6.24. The predicted octanol–water partition coefficient (Wildman–Crippen LogP) is 1.64.